The summed E-state index contributed by atoms with van der Waals surface area (Å²) in [6, 6.07) is 7.78. The van der Waals surface area contributed by atoms with Gasteiger partial charge in [0.25, 0.3) is 5.97 Å². The third-order valence-corrected chi connectivity index (χ3v) is 6.78. The third kappa shape index (κ3) is 2.15. The Morgan fingerprint density at radius 2 is 1.46 bits per heavy atom. The molecule has 0 radical (unpaired) electrons. The van der Waals surface area contributed by atoms with Crippen molar-refractivity contribution < 1.29 is 18.8 Å². The van der Waals surface area contributed by atoms with Crippen LogP contribution in [0, 0.1) is 0 Å². The summed E-state index contributed by atoms with van der Waals surface area (Å²) in [4.78, 5) is 14.6. The Bertz CT molecular complexity index is 803. The van der Waals surface area contributed by atoms with E-state index < -0.39 is 18.0 Å². The van der Waals surface area contributed by atoms with Crippen molar-refractivity contribution in [3.05, 3.63) is 44.8 Å². The van der Waals surface area contributed by atoms with Crippen molar-refractivity contribution in [2.75, 3.05) is 0 Å². The first-order valence-electron chi connectivity index (χ1n) is 7.85. The second-order valence-corrected chi connectivity index (χ2v) is 8.94. The fourth-order valence-corrected chi connectivity index (χ4v) is 4.78. The van der Waals surface area contributed by atoms with Crippen LogP contribution in [-0.2, 0) is 18.8 Å². The number of thiophene rings is 2. The molecule has 2 aromatic rings. The lowest BCUT2D eigenvalue weighted by molar-refractivity contribution is -0.130. The minimum Gasteiger partial charge on any atom is -0.636 e. The molecule has 7 heteroatoms. The third-order valence-electron chi connectivity index (χ3n) is 4.99. The largest absolute Gasteiger partial charge is 0.636 e. The molecule has 1 fully saturated rings. The molecule has 0 N–H and O–H groups in total. The molecule has 4 rings (SSSR count). The van der Waals surface area contributed by atoms with Gasteiger partial charge in [0.1, 0.15) is 0 Å². The van der Waals surface area contributed by atoms with E-state index in [9.17, 15) is 4.79 Å². The van der Waals surface area contributed by atoms with E-state index in [4.69, 9.17) is 14.0 Å². The maximum Gasteiger partial charge on any atom is 0.471 e. The lowest BCUT2D eigenvalue weighted by Crippen LogP contribution is -2.42. The zero-order valence-electron chi connectivity index (χ0n) is 14.0. The summed E-state index contributed by atoms with van der Waals surface area (Å²) in [7, 11) is 0. The van der Waals surface area contributed by atoms with Crippen molar-refractivity contribution in [1.29, 1.82) is 0 Å². The summed E-state index contributed by atoms with van der Waals surface area (Å²) >= 11 is 3.07. The summed E-state index contributed by atoms with van der Waals surface area (Å²) in [6.07, 6.45) is 0. The molecule has 1 saturated heterocycles. The van der Waals surface area contributed by atoms with Crippen molar-refractivity contribution in [1.82, 2.24) is 0 Å². The molecular weight excluding hydrogens is 343 g/mol. The molecule has 0 saturated carbocycles. The second kappa shape index (κ2) is 5.05. The van der Waals surface area contributed by atoms with Gasteiger partial charge in [0.15, 0.2) is 0 Å². The van der Waals surface area contributed by atoms with E-state index in [1.165, 1.54) is 11.3 Å². The highest BCUT2D eigenvalue weighted by Gasteiger charge is 2.60. The van der Waals surface area contributed by atoms with E-state index in [0.717, 1.165) is 15.2 Å². The maximum absolute atomic E-state index is 12.7. The fourth-order valence-electron chi connectivity index (χ4n) is 3.18. The van der Waals surface area contributed by atoms with Crippen LogP contribution >= 0.6 is 22.7 Å². The number of carbonyl (C=O) groups is 1. The zero-order valence-corrected chi connectivity index (χ0v) is 15.6. The number of hydrogen-bond donors (Lipinski definition) is 0. The summed E-state index contributed by atoms with van der Waals surface area (Å²) in [5.41, 5.74) is 0.124. The summed E-state index contributed by atoms with van der Waals surface area (Å²) in [5, 5.41) is 3.93. The van der Waals surface area contributed by atoms with Gasteiger partial charge in [0, 0.05) is 26.5 Å². The highest BCUT2D eigenvalue weighted by Crippen LogP contribution is 2.53. The zero-order chi connectivity index (χ0) is 17.2. The molecule has 0 aromatic carbocycles. The summed E-state index contributed by atoms with van der Waals surface area (Å²) < 4.78 is 18.4. The van der Waals surface area contributed by atoms with Crippen molar-refractivity contribution in [3.63, 3.8) is 0 Å². The van der Waals surface area contributed by atoms with Crippen LogP contribution in [0.3, 0.4) is 0 Å². The minimum atomic E-state index is -2.31. The molecule has 24 heavy (non-hydrogen) atoms. The summed E-state index contributed by atoms with van der Waals surface area (Å²) in [5.74, 6) is -0.380. The van der Waals surface area contributed by atoms with E-state index in [1.54, 1.807) is 11.3 Å². The van der Waals surface area contributed by atoms with Gasteiger partial charge in [-0.25, -0.2) is 0 Å². The first-order valence-corrected chi connectivity index (χ1v) is 9.61. The summed E-state index contributed by atoms with van der Waals surface area (Å²) in [6.45, 7) is 5.55. The van der Waals surface area contributed by atoms with Crippen molar-refractivity contribution in [3.8, 4) is 0 Å². The van der Waals surface area contributed by atoms with Gasteiger partial charge in [-0.15, -0.1) is 22.7 Å². The number of hydrogen-bond acceptors (Lipinski definition) is 6. The lowest BCUT2D eigenvalue weighted by Gasteiger charge is -2.36. The fraction of sp³-hybridized carbons (Fsp3) is 0.353. The topological polar surface area (TPSA) is 44.8 Å². The molecule has 0 aliphatic carbocycles. The maximum atomic E-state index is 12.7. The molecule has 1 spiro atoms. The lowest BCUT2D eigenvalue weighted by atomic mass is 9.67. The molecule has 0 bridgehead atoms. The molecular formula is C17H18BO4S2-. The normalized spacial score (nSPS) is 23.9. The standard InChI is InChI=1S/C17H18BO4S2/c1-16(2)17(3,4)22-18(21-16)14(12-8-6-10-24-12)13(15(19)20-18)11-7-5-9-23-11/h5-10H,1-4H3/q-1. The molecule has 2 aromatic heterocycles. The Kier molecular flexibility index (Phi) is 3.38. The predicted octanol–water partition coefficient (Wildman–Crippen LogP) is 4.36. The minimum absolute atomic E-state index is 0.380. The quantitative estimate of drug-likeness (QED) is 0.746. The Hall–Kier alpha value is -1.41. The Morgan fingerprint density at radius 1 is 0.917 bits per heavy atom. The van der Waals surface area contributed by atoms with E-state index in [2.05, 4.69) is 0 Å². The molecule has 2 aliphatic rings. The van der Waals surface area contributed by atoms with Crippen molar-refractivity contribution in [2.45, 2.75) is 38.9 Å². The van der Waals surface area contributed by atoms with Crippen LogP contribution in [0.4, 0.5) is 0 Å². The van der Waals surface area contributed by atoms with Gasteiger partial charge in [-0.3, -0.25) is 4.79 Å². The van der Waals surface area contributed by atoms with Gasteiger partial charge in [0.2, 0.25) is 0 Å². The molecule has 0 atom stereocenters. The Labute approximate surface area is 149 Å². The van der Waals surface area contributed by atoms with E-state index in [-0.39, 0.29) is 5.97 Å². The highest BCUT2D eigenvalue weighted by molar-refractivity contribution is 7.15. The van der Waals surface area contributed by atoms with Gasteiger partial charge >= 0.3 is 6.75 Å². The monoisotopic (exact) mass is 361 g/mol. The van der Waals surface area contributed by atoms with Gasteiger partial charge in [-0.2, -0.15) is 0 Å². The van der Waals surface area contributed by atoms with Gasteiger partial charge in [-0.1, -0.05) is 17.6 Å². The van der Waals surface area contributed by atoms with E-state index >= 15 is 0 Å². The smallest absolute Gasteiger partial charge is 0.471 e. The molecule has 126 valence electrons. The molecule has 2 aliphatic heterocycles. The van der Waals surface area contributed by atoms with Gasteiger partial charge in [0.05, 0.1) is 0 Å². The Morgan fingerprint density at radius 3 is 1.96 bits per heavy atom. The molecule has 4 heterocycles. The second-order valence-electron chi connectivity index (χ2n) is 7.05. The van der Waals surface area contributed by atoms with Crippen LogP contribution in [0.5, 0.6) is 0 Å². The van der Waals surface area contributed by atoms with Crippen LogP contribution in [0.2, 0.25) is 0 Å². The molecule has 0 amide bonds. The van der Waals surface area contributed by atoms with Crippen molar-refractivity contribution in [2.24, 2.45) is 0 Å². The van der Waals surface area contributed by atoms with Crippen LogP contribution in [0.25, 0.3) is 11.0 Å². The van der Waals surface area contributed by atoms with E-state index in [0.29, 0.717) is 5.57 Å². The predicted molar refractivity (Wildman–Crippen MR) is 97.6 cm³/mol. The SMILES string of the molecule is CC1(C)O[B-]2(OC(=O)C(c3cccs3)=C2c2cccs2)OC1(C)C. The van der Waals surface area contributed by atoms with Crippen LogP contribution in [0.1, 0.15) is 37.4 Å². The van der Waals surface area contributed by atoms with Gasteiger partial charge in [-0.05, 0) is 50.6 Å². The number of rotatable bonds is 2. The van der Waals surface area contributed by atoms with E-state index in [1.807, 2.05) is 62.7 Å². The van der Waals surface area contributed by atoms with Crippen LogP contribution in [-0.4, -0.2) is 23.9 Å². The van der Waals surface area contributed by atoms with Gasteiger partial charge < -0.3 is 14.0 Å². The van der Waals surface area contributed by atoms with Crippen molar-refractivity contribution >= 4 is 46.4 Å². The Balaban J connectivity index is 1.96. The first kappa shape index (κ1) is 16.1. The average Bonchev–Trinajstić information content (AvgIpc) is 3.19. The molecule has 0 unspecified atom stereocenters. The highest BCUT2D eigenvalue weighted by atomic mass is 32.1. The first-order chi connectivity index (χ1) is 11.3. The average molecular weight is 361 g/mol. The number of carbonyl (C=O) groups excluding carboxylic acids is 1. The van der Waals surface area contributed by atoms with Crippen LogP contribution < -0.4 is 0 Å². The molecule has 4 nitrogen and oxygen atoms in total. The van der Waals surface area contributed by atoms with Crippen LogP contribution in [0.15, 0.2) is 35.0 Å².